The second-order valence-electron chi connectivity index (χ2n) is 3.64. The lowest BCUT2D eigenvalue weighted by atomic mass is 10.1. The number of primary amides is 1. The number of nitrogens with two attached hydrogens (primary N) is 1. The molecule has 1 aromatic rings. The molecule has 0 spiro atoms. The molecule has 0 aliphatic rings. The van der Waals surface area contributed by atoms with Crippen LogP contribution in [0.2, 0.25) is 0 Å². The summed E-state index contributed by atoms with van der Waals surface area (Å²) in [6, 6.07) is 3.72. The highest BCUT2D eigenvalue weighted by Crippen LogP contribution is 2.06. The van der Waals surface area contributed by atoms with Gasteiger partial charge in [0.15, 0.2) is 0 Å². The molecule has 0 bridgehead atoms. The topological polar surface area (TPSA) is 77.2 Å². The molecule has 0 aliphatic heterocycles. The van der Waals surface area contributed by atoms with Crippen molar-refractivity contribution in [2.24, 2.45) is 11.7 Å². The number of aromatic nitrogens is 1. The van der Waals surface area contributed by atoms with Crippen LogP contribution in [0.3, 0.4) is 0 Å². The van der Waals surface area contributed by atoms with Crippen LogP contribution in [0.25, 0.3) is 0 Å². The van der Waals surface area contributed by atoms with Gasteiger partial charge in [-0.25, -0.2) is 4.98 Å². The Bertz CT molecular complexity index is 338. The van der Waals surface area contributed by atoms with Crippen molar-refractivity contribution < 1.29 is 9.53 Å². The summed E-state index contributed by atoms with van der Waals surface area (Å²) < 4.78 is 4.95. The highest BCUT2D eigenvalue weighted by atomic mass is 16.5. The molecule has 88 valence electrons. The van der Waals surface area contributed by atoms with Gasteiger partial charge >= 0.3 is 0 Å². The summed E-state index contributed by atoms with van der Waals surface area (Å²) in [6.45, 7) is 3.03. The molecule has 0 radical (unpaired) electrons. The molecule has 1 heterocycles. The van der Waals surface area contributed by atoms with Crippen molar-refractivity contribution in [1.29, 1.82) is 0 Å². The van der Waals surface area contributed by atoms with E-state index in [0.717, 1.165) is 5.56 Å². The average Bonchev–Trinajstić information content (AvgIpc) is 2.29. The zero-order valence-corrected chi connectivity index (χ0v) is 9.56. The van der Waals surface area contributed by atoms with Crippen LogP contribution in [0.4, 0.5) is 0 Å². The maximum atomic E-state index is 10.8. The number of ether oxygens (including phenoxy) is 1. The first kappa shape index (κ1) is 12.4. The van der Waals surface area contributed by atoms with Gasteiger partial charge in [-0.1, -0.05) is 13.0 Å². The van der Waals surface area contributed by atoms with Crippen LogP contribution in [0, 0.1) is 5.92 Å². The molecule has 16 heavy (non-hydrogen) atoms. The van der Waals surface area contributed by atoms with Crippen LogP contribution < -0.4 is 15.8 Å². The fourth-order valence-corrected chi connectivity index (χ4v) is 1.17. The van der Waals surface area contributed by atoms with Gasteiger partial charge in [0, 0.05) is 31.3 Å². The molecule has 5 heteroatoms. The van der Waals surface area contributed by atoms with Crippen molar-refractivity contribution in [2.75, 3.05) is 13.7 Å². The molecule has 1 rings (SSSR count). The monoisotopic (exact) mass is 223 g/mol. The minimum atomic E-state index is -0.291. The summed E-state index contributed by atoms with van der Waals surface area (Å²) in [5.41, 5.74) is 6.18. The smallest absolute Gasteiger partial charge is 0.221 e. The van der Waals surface area contributed by atoms with Crippen LogP contribution in [0.5, 0.6) is 5.88 Å². The lowest BCUT2D eigenvalue weighted by Gasteiger charge is -2.08. The molecule has 0 aliphatic carbocycles. The minimum absolute atomic E-state index is 0.161. The van der Waals surface area contributed by atoms with E-state index < -0.39 is 0 Å². The van der Waals surface area contributed by atoms with Gasteiger partial charge in [-0.15, -0.1) is 0 Å². The quantitative estimate of drug-likeness (QED) is 0.727. The van der Waals surface area contributed by atoms with Crippen molar-refractivity contribution in [3.63, 3.8) is 0 Å². The Balaban J connectivity index is 2.34. The fraction of sp³-hybridized carbons (Fsp3) is 0.455. The number of rotatable bonds is 6. The number of nitrogens with one attached hydrogen (secondary N) is 1. The van der Waals surface area contributed by atoms with Gasteiger partial charge in [0.2, 0.25) is 11.8 Å². The van der Waals surface area contributed by atoms with E-state index in [9.17, 15) is 4.79 Å². The minimum Gasteiger partial charge on any atom is -0.481 e. The van der Waals surface area contributed by atoms with Gasteiger partial charge in [-0.05, 0) is 5.56 Å². The Labute approximate surface area is 95.0 Å². The Morgan fingerprint density at radius 3 is 2.88 bits per heavy atom. The van der Waals surface area contributed by atoms with Gasteiger partial charge in [-0.2, -0.15) is 0 Å². The zero-order valence-electron chi connectivity index (χ0n) is 9.56. The van der Waals surface area contributed by atoms with Crippen LogP contribution in [-0.2, 0) is 11.3 Å². The normalized spacial score (nSPS) is 12.1. The van der Waals surface area contributed by atoms with Crippen molar-refractivity contribution in [2.45, 2.75) is 13.5 Å². The molecular formula is C11H17N3O2. The van der Waals surface area contributed by atoms with E-state index in [2.05, 4.69) is 10.3 Å². The number of carbonyl (C=O) groups excluding carboxylic acids is 1. The first-order chi connectivity index (χ1) is 7.63. The Morgan fingerprint density at radius 2 is 2.38 bits per heavy atom. The van der Waals surface area contributed by atoms with Gasteiger partial charge in [0.05, 0.1) is 7.11 Å². The van der Waals surface area contributed by atoms with Crippen molar-refractivity contribution >= 4 is 5.91 Å². The zero-order chi connectivity index (χ0) is 12.0. The highest BCUT2D eigenvalue weighted by Gasteiger charge is 2.07. The third-order valence-electron chi connectivity index (χ3n) is 2.27. The predicted octanol–water partition coefficient (Wildman–Crippen LogP) is 0.301. The third kappa shape index (κ3) is 3.86. The molecule has 1 amide bonds. The van der Waals surface area contributed by atoms with E-state index in [1.54, 1.807) is 26.3 Å². The summed E-state index contributed by atoms with van der Waals surface area (Å²) in [5, 5.41) is 3.14. The summed E-state index contributed by atoms with van der Waals surface area (Å²) in [4.78, 5) is 14.9. The lowest BCUT2D eigenvalue weighted by Crippen LogP contribution is -2.30. The van der Waals surface area contributed by atoms with E-state index >= 15 is 0 Å². The number of hydrogen-bond acceptors (Lipinski definition) is 4. The van der Waals surface area contributed by atoms with Gasteiger partial charge < -0.3 is 15.8 Å². The van der Waals surface area contributed by atoms with E-state index in [4.69, 9.17) is 10.5 Å². The van der Waals surface area contributed by atoms with E-state index in [-0.39, 0.29) is 11.8 Å². The molecule has 1 aromatic heterocycles. The maximum Gasteiger partial charge on any atom is 0.221 e. The second kappa shape index (κ2) is 6.07. The van der Waals surface area contributed by atoms with Crippen LogP contribution in [0.15, 0.2) is 18.3 Å². The number of hydrogen-bond donors (Lipinski definition) is 2. The number of carbonyl (C=O) groups is 1. The van der Waals surface area contributed by atoms with Crippen molar-refractivity contribution in [1.82, 2.24) is 10.3 Å². The van der Waals surface area contributed by atoms with Gasteiger partial charge in [0.1, 0.15) is 0 Å². The summed E-state index contributed by atoms with van der Waals surface area (Å²) in [5.74, 6) is 0.140. The highest BCUT2D eigenvalue weighted by molar-refractivity contribution is 5.76. The molecule has 1 atom stereocenters. The van der Waals surface area contributed by atoms with E-state index in [1.807, 2.05) is 6.07 Å². The molecule has 0 saturated carbocycles. The van der Waals surface area contributed by atoms with Crippen molar-refractivity contribution in [3.8, 4) is 5.88 Å². The molecule has 0 saturated heterocycles. The van der Waals surface area contributed by atoms with Crippen LogP contribution in [0.1, 0.15) is 12.5 Å². The number of amides is 1. The average molecular weight is 223 g/mol. The summed E-state index contributed by atoms with van der Waals surface area (Å²) in [7, 11) is 1.58. The molecule has 3 N–H and O–H groups in total. The third-order valence-corrected chi connectivity index (χ3v) is 2.27. The molecule has 0 fully saturated rings. The number of pyridine rings is 1. The maximum absolute atomic E-state index is 10.8. The molecule has 1 unspecified atom stereocenters. The first-order valence-electron chi connectivity index (χ1n) is 5.12. The largest absolute Gasteiger partial charge is 0.481 e. The van der Waals surface area contributed by atoms with E-state index in [0.29, 0.717) is 19.0 Å². The van der Waals surface area contributed by atoms with E-state index in [1.165, 1.54) is 0 Å². The Kier molecular flexibility index (Phi) is 4.72. The second-order valence-corrected chi connectivity index (χ2v) is 3.64. The fourth-order valence-electron chi connectivity index (χ4n) is 1.17. The number of nitrogens with zero attached hydrogens (tertiary/aromatic N) is 1. The van der Waals surface area contributed by atoms with Crippen molar-refractivity contribution in [3.05, 3.63) is 23.9 Å². The predicted molar refractivity (Wildman–Crippen MR) is 60.9 cm³/mol. The van der Waals surface area contributed by atoms with Crippen LogP contribution >= 0.6 is 0 Å². The van der Waals surface area contributed by atoms with Gasteiger partial charge in [-0.3, -0.25) is 4.79 Å². The van der Waals surface area contributed by atoms with Crippen LogP contribution in [-0.4, -0.2) is 24.5 Å². The molecular weight excluding hydrogens is 206 g/mol. The summed E-state index contributed by atoms with van der Waals surface area (Å²) in [6.07, 6.45) is 1.74. The SMILES string of the molecule is COc1ccc(CNCC(C)C(N)=O)cn1. The number of methoxy groups -OCH3 is 1. The van der Waals surface area contributed by atoms with Gasteiger partial charge in [0.25, 0.3) is 0 Å². The molecule has 0 aromatic carbocycles. The Hall–Kier alpha value is -1.62. The Morgan fingerprint density at radius 1 is 1.62 bits per heavy atom. The standard InChI is InChI=1S/C11H17N3O2/c1-8(11(12)15)5-13-6-9-3-4-10(16-2)14-7-9/h3-4,7-8,13H,5-6H2,1-2H3,(H2,12,15). The first-order valence-corrected chi connectivity index (χ1v) is 5.12. The lowest BCUT2D eigenvalue weighted by molar-refractivity contribution is -0.121. The summed E-state index contributed by atoms with van der Waals surface area (Å²) >= 11 is 0. The molecule has 5 nitrogen and oxygen atoms in total.